The summed E-state index contributed by atoms with van der Waals surface area (Å²) in [7, 11) is 0. The maximum Gasteiger partial charge on any atom is 0.273 e. The molecule has 1 unspecified atom stereocenters. The molecule has 0 saturated carbocycles. The SMILES string of the molecule is Cc1ccn(NCc2cc3c(cc2Cl)OCO3)c(=O)c1C(C)C(=O)Nc1ccc(N)nc1C. The Balaban J connectivity index is 1.54. The van der Waals surface area contributed by atoms with Crippen LogP contribution in [0.1, 0.15) is 35.2 Å². The van der Waals surface area contributed by atoms with Gasteiger partial charge < -0.3 is 25.9 Å². The molecule has 3 aromatic rings. The molecule has 4 N–H and O–H groups in total. The minimum absolute atomic E-state index is 0.148. The van der Waals surface area contributed by atoms with E-state index >= 15 is 0 Å². The van der Waals surface area contributed by atoms with Crippen LogP contribution in [-0.2, 0) is 11.3 Å². The van der Waals surface area contributed by atoms with E-state index in [0.717, 1.165) is 5.56 Å². The molecule has 33 heavy (non-hydrogen) atoms. The van der Waals surface area contributed by atoms with E-state index < -0.39 is 5.92 Å². The highest BCUT2D eigenvalue weighted by Gasteiger charge is 2.23. The van der Waals surface area contributed by atoms with Crippen molar-refractivity contribution < 1.29 is 14.3 Å². The van der Waals surface area contributed by atoms with Crippen molar-refractivity contribution in [2.45, 2.75) is 33.2 Å². The largest absolute Gasteiger partial charge is 0.454 e. The van der Waals surface area contributed by atoms with Crippen LogP contribution in [-0.4, -0.2) is 22.4 Å². The number of nitrogens with one attached hydrogen (secondary N) is 2. The monoisotopic (exact) mass is 469 g/mol. The second kappa shape index (κ2) is 9.03. The van der Waals surface area contributed by atoms with Crippen molar-refractivity contribution in [1.82, 2.24) is 9.66 Å². The molecule has 0 aliphatic carbocycles. The summed E-state index contributed by atoms with van der Waals surface area (Å²) < 4.78 is 12.1. The van der Waals surface area contributed by atoms with Crippen LogP contribution >= 0.6 is 11.6 Å². The number of hydrogen-bond donors (Lipinski definition) is 3. The van der Waals surface area contributed by atoms with Crippen molar-refractivity contribution in [2.75, 3.05) is 23.3 Å². The molecule has 9 nitrogen and oxygen atoms in total. The van der Waals surface area contributed by atoms with E-state index in [9.17, 15) is 9.59 Å². The van der Waals surface area contributed by atoms with Crippen molar-refractivity contribution in [3.63, 3.8) is 0 Å². The molecule has 1 amide bonds. The molecule has 0 saturated heterocycles. The lowest BCUT2D eigenvalue weighted by atomic mass is 9.97. The van der Waals surface area contributed by atoms with Gasteiger partial charge in [0.2, 0.25) is 12.7 Å². The van der Waals surface area contributed by atoms with E-state index in [4.69, 9.17) is 26.8 Å². The Hall–Kier alpha value is -3.72. The van der Waals surface area contributed by atoms with Crippen LogP contribution in [0, 0.1) is 13.8 Å². The molecule has 1 aliphatic rings. The lowest BCUT2D eigenvalue weighted by molar-refractivity contribution is -0.117. The first-order chi connectivity index (χ1) is 15.7. The zero-order valence-corrected chi connectivity index (χ0v) is 19.2. The zero-order chi connectivity index (χ0) is 23.7. The number of ether oxygens (including phenoxy) is 2. The number of nitrogen functional groups attached to an aromatic ring is 1. The second-order valence-electron chi connectivity index (χ2n) is 7.80. The standard InChI is InChI=1S/C23H24ClN5O4/c1-12-6-7-29(26-10-15-8-18-19(9-16(15)24)33-11-32-18)23(31)21(12)13(2)22(30)28-17-4-5-20(25)27-14(17)3/h4-9,13,26H,10-11H2,1-3H3,(H2,25,27)(H,28,30). The number of hydrogen-bond acceptors (Lipinski definition) is 7. The first kappa shape index (κ1) is 22.5. The van der Waals surface area contributed by atoms with Gasteiger partial charge in [0.05, 0.1) is 23.8 Å². The molecule has 3 heterocycles. The highest BCUT2D eigenvalue weighted by molar-refractivity contribution is 6.31. The van der Waals surface area contributed by atoms with E-state index in [0.29, 0.717) is 44.8 Å². The first-order valence-corrected chi connectivity index (χ1v) is 10.7. The van der Waals surface area contributed by atoms with Gasteiger partial charge in [0, 0.05) is 22.8 Å². The van der Waals surface area contributed by atoms with Crippen molar-refractivity contribution in [3.05, 3.63) is 74.3 Å². The molecule has 0 radical (unpaired) electrons. The predicted octanol–water partition coefficient (Wildman–Crippen LogP) is 3.31. The smallest absolute Gasteiger partial charge is 0.273 e. The number of halogens is 1. The minimum Gasteiger partial charge on any atom is -0.454 e. The van der Waals surface area contributed by atoms with Gasteiger partial charge in [0.25, 0.3) is 5.56 Å². The van der Waals surface area contributed by atoms with Crippen molar-refractivity contribution in [1.29, 1.82) is 0 Å². The van der Waals surface area contributed by atoms with Gasteiger partial charge in [0.15, 0.2) is 11.5 Å². The number of rotatable bonds is 6. The van der Waals surface area contributed by atoms with Crippen molar-refractivity contribution in [2.24, 2.45) is 0 Å². The predicted molar refractivity (Wildman–Crippen MR) is 127 cm³/mol. The van der Waals surface area contributed by atoms with E-state index in [1.54, 1.807) is 57.3 Å². The van der Waals surface area contributed by atoms with Crippen LogP contribution < -0.4 is 31.5 Å². The fourth-order valence-electron chi connectivity index (χ4n) is 3.64. The highest BCUT2D eigenvalue weighted by atomic mass is 35.5. The number of nitrogens with zero attached hydrogens (tertiary/aromatic N) is 2. The van der Waals surface area contributed by atoms with E-state index in [-0.39, 0.29) is 24.8 Å². The third-order valence-electron chi connectivity index (χ3n) is 5.52. The summed E-state index contributed by atoms with van der Waals surface area (Å²) in [5.74, 6) is 0.545. The Labute approximate surface area is 195 Å². The van der Waals surface area contributed by atoms with Crippen LogP contribution in [0.25, 0.3) is 0 Å². The number of carbonyl (C=O) groups excluding carboxylic acids is 1. The molecule has 10 heteroatoms. The fourth-order valence-corrected chi connectivity index (χ4v) is 3.86. The summed E-state index contributed by atoms with van der Waals surface area (Å²) in [5.41, 5.74) is 11.4. The summed E-state index contributed by atoms with van der Waals surface area (Å²) >= 11 is 6.33. The van der Waals surface area contributed by atoms with Gasteiger partial charge >= 0.3 is 0 Å². The third-order valence-corrected chi connectivity index (χ3v) is 5.87. The van der Waals surface area contributed by atoms with E-state index in [2.05, 4.69) is 15.7 Å². The number of pyridine rings is 2. The lowest BCUT2D eigenvalue weighted by Crippen LogP contribution is -2.34. The van der Waals surface area contributed by atoms with Gasteiger partial charge in [-0.15, -0.1) is 0 Å². The lowest BCUT2D eigenvalue weighted by Gasteiger charge is -2.18. The number of fused-ring (bicyclic) bond motifs is 1. The van der Waals surface area contributed by atoms with Gasteiger partial charge in [0.1, 0.15) is 5.82 Å². The van der Waals surface area contributed by atoms with Gasteiger partial charge in [-0.05, 0) is 56.2 Å². The number of amides is 1. The first-order valence-electron chi connectivity index (χ1n) is 10.3. The summed E-state index contributed by atoms with van der Waals surface area (Å²) in [5, 5.41) is 3.32. The number of aromatic nitrogens is 2. The Morgan fingerprint density at radius 2 is 1.97 bits per heavy atom. The van der Waals surface area contributed by atoms with Gasteiger partial charge in [-0.2, -0.15) is 0 Å². The molecule has 172 valence electrons. The van der Waals surface area contributed by atoms with Crippen molar-refractivity contribution in [3.8, 4) is 11.5 Å². The zero-order valence-electron chi connectivity index (χ0n) is 18.4. The molecule has 0 spiro atoms. The fraction of sp³-hybridized carbons (Fsp3) is 0.261. The van der Waals surface area contributed by atoms with Crippen molar-refractivity contribution >= 4 is 29.0 Å². The quantitative estimate of drug-likeness (QED) is 0.506. The molecule has 1 atom stereocenters. The molecule has 0 bridgehead atoms. The summed E-state index contributed by atoms with van der Waals surface area (Å²) in [6.45, 7) is 5.67. The number of benzene rings is 1. The highest BCUT2D eigenvalue weighted by Crippen LogP contribution is 2.36. The normalized spacial score (nSPS) is 13.0. The molecule has 4 rings (SSSR count). The molecule has 1 aliphatic heterocycles. The average Bonchev–Trinajstić information content (AvgIpc) is 3.22. The van der Waals surface area contributed by atoms with E-state index in [1.165, 1.54) is 4.68 Å². The molecule has 1 aromatic carbocycles. The van der Waals surface area contributed by atoms with Crippen LogP contribution in [0.4, 0.5) is 11.5 Å². The van der Waals surface area contributed by atoms with Gasteiger partial charge in [-0.1, -0.05) is 11.6 Å². The summed E-state index contributed by atoms with van der Waals surface area (Å²) in [6.07, 6.45) is 1.63. The topological polar surface area (TPSA) is 120 Å². The van der Waals surface area contributed by atoms with Crippen LogP contribution in [0.15, 0.2) is 41.3 Å². The summed E-state index contributed by atoms with van der Waals surface area (Å²) in [4.78, 5) is 30.3. The number of carbonyl (C=O) groups is 1. The van der Waals surface area contributed by atoms with Gasteiger partial charge in [-0.3, -0.25) is 9.59 Å². The van der Waals surface area contributed by atoms with Gasteiger partial charge in [-0.25, -0.2) is 9.66 Å². The molecular formula is C23H24ClN5O4. The Bertz CT molecular complexity index is 1290. The van der Waals surface area contributed by atoms with Crippen LogP contribution in [0.3, 0.4) is 0 Å². The summed E-state index contributed by atoms with van der Waals surface area (Å²) in [6, 6.07) is 8.54. The average molecular weight is 470 g/mol. The number of nitrogens with two attached hydrogens (primary N) is 1. The second-order valence-corrected chi connectivity index (χ2v) is 8.21. The maximum absolute atomic E-state index is 13.2. The Morgan fingerprint density at radius 3 is 2.70 bits per heavy atom. The third kappa shape index (κ3) is 4.58. The maximum atomic E-state index is 13.2. The Morgan fingerprint density at radius 1 is 1.24 bits per heavy atom. The minimum atomic E-state index is -0.696. The van der Waals surface area contributed by atoms with Crippen LogP contribution in [0.2, 0.25) is 5.02 Å². The number of anilines is 2. The molecule has 2 aromatic heterocycles. The molecular weight excluding hydrogens is 446 g/mol. The molecule has 0 fully saturated rings. The Kier molecular flexibility index (Phi) is 6.15. The number of aryl methyl sites for hydroxylation is 2. The van der Waals surface area contributed by atoms with E-state index in [1.807, 2.05) is 0 Å². The van der Waals surface area contributed by atoms with Crippen LogP contribution in [0.5, 0.6) is 11.5 Å².